The van der Waals surface area contributed by atoms with Crippen LogP contribution in [-0.4, -0.2) is 25.5 Å². The van der Waals surface area contributed by atoms with Gasteiger partial charge in [0.25, 0.3) is 0 Å². The zero-order valence-corrected chi connectivity index (χ0v) is 13.4. The molecule has 3 nitrogen and oxygen atoms in total. The third kappa shape index (κ3) is 2.58. The maximum Gasteiger partial charge on any atom is 0.212 e. The van der Waals surface area contributed by atoms with Gasteiger partial charge in [-0.3, -0.25) is 0 Å². The Morgan fingerprint density at radius 1 is 1.14 bits per heavy atom. The van der Waals surface area contributed by atoms with Gasteiger partial charge in [0.1, 0.15) is 0 Å². The highest BCUT2D eigenvalue weighted by Crippen LogP contribution is 2.49. The SMILES string of the molecule is CCCCC1(c2ccc3ccccc3c2)CN1S(C)(=O)=O. The molecule has 0 N–H and O–H groups in total. The van der Waals surface area contributed by atoms with Crippen LogP contribution < -0.4 is 0 Å². The summed E-state index contributed by atoms with van der Waals surface area (Å²) in [5, 5.41) is 2.37. The fourth-order valence-electron chi connectivity index (χ4n) is 3.17. The molecule has 1 saturated heterocycles. The number of rotatable bonds is 5. The van der Waals surface area contributed by atoms with Crippen molar-refractivity contribution in [2.45, 2.75) is 31.7 Å². The van der Waals surface area contributed by atoms with Gasteiger partial charge in [0.15, 0.2) is 0 Å². The average molecular weight is 303 g/mol. The summed E-state index contributed by atoms with van der Waals surface area (Å²) in [6.45, 7) is 2.76. The van der Waals surface area contributed by atoms with Crippen molar-refractivity contribution in [1.29, 1.82) is 0 Å². The third-order valence-electron chi connectivity index (χ3n) is 4.41. The Morgan fingerprint density at radius 2 is 1.86 bits per heavy atom. The molecule has 0 aliphatic carbocycles. The lowest BCUT2D eigenvalue weighted by Crippen LogP contribution is -2.21. The van der Waals surface area contributed by atoms with Crippen LogP contribution in [0.25, 0.3) is 10.8 Å². The van der Waals surface area contributed by atoms with Crippen molar-refractivity contribution in [3.63, 3.8) is 0 Å². The Labute approximate surface area is 126 Å². The minimum atomic E-state index is -3.14. The molecular weight excluding hydrogens is 282 g/mol. The molecule has 3 rings (SSSR count). The van der Waals surface area contributed by atoms with E-state index in [2.05, 4.69) is 37.3 Å². The Balaban J connectivity index is 2.04. The van der Waals surface area contributed by atoms with Gasteiger partial charge in [0.05, 0.1) is 11.8 Å². The van der Waals surface area contributed by atoms with E-state index in [4.69, 9.17) is 0 Å². The fourth-order valence-corrected chi connectivity index (χ4v) is 4.45. The van der Waals surface area contributed by atoms with Crippen LogP contribution in [0.1, 0.15) is 31.7 Å². The number of hydrogen-bond donors (Lipinski definition) is 0. The van der Waals surface area contributed by atoms with Crippen LogP contribution >= 0.6 is 0 Å². The molecule has 0 spiro atoms. The van der Waals surface area contributed by atoms with E-state index >= 15 is 0 Å². The molecule has 0 bridgehead atoms. The summed E-state index contributed by atoms with van der Waals surface area (Å²) in [7, 11) is -3.14. The zero-order valence-electron chi connectivity index (χ0n) is 12.5. The van der Waals surface area contributed by atoms with E-state index < -0.39 is 10.0 Å². The molecule has 2 unspecified atom stereocenters. The van der Waals surface area contributed by atoms with Crippen LogP contribution in [0.3, 0.4) is 0 Å². The number of sulfonamides is 1. The molecule has 2 aromatic carbocycles. The summed E-state index contributed by atoms with van der Waals surface area (Å²) >= 11 is 0. The quantitative estimate of drug-likeness (QED) is 0.793. The van der Waals surface area contributed by atoms with Gasteiger partial charge in [0, 0.05) is 6.54 Å². The molecule has 1 heterocycles. The van der Waals surface area contributed by atoms with E-state index in [1.54, 1.807) is 4.31 Å². The van der Waals surface area contributed by atoms with Crippen LogP contribution in [0, 0.1) is 0 Å². The first kappa shape index (κ1) is 14.5. The minimum absolute atomic E-state index is 0.312. The van der Waals surface area contributed by atoms with E-state index in [9.17, 15) is 8.42 Å². The standard InChI is InChI=1S/C17H21NO2S/c1-3-4-11-17(13-18(17)21(2,19)20)16-10-9-14-7-5-6-8-15(14)12-16/h5-10,12H,3-4,11,13H2,1-2H3. The molecule has 0 saturated carbocycles. The van der Waals surface area contributed by atoms with Gasteiger partial charge >= 0.3 is 0 Å². The maximum atomic E-state index is 11.9. The van der Waals surface area contributed by atoms with Crippen LogP contribution in [0.4, 0.5) is 0 Å². The average Bonchev–Trinajstić information content (AvgIpc) is 3.21. The second-order valence-corrected chi connectivity index (χ2v) is 7.87. The normalized spacial score (nSPS) is 25.1. The van der Waals surface area contributed by atoms with E-state index in [0.717, 1.165) is 24.8 Å². The number of hydrogen-bond acceptors (Lipinski definition) is 2. The molecule has 2 atom stereocenters. The van der Waals surface area contributed by atoms with Crippen molar-refractivity contribution in [2.24, 2.45) is 0 Å². The molecule has 0 radical (unpaired) electrons. The highest BCUT2D eigenvalue weighted by atomic mass is 32.2. The highest BCUT2D eigenvalue weighted by molar-refractivity contribution is 7.88. The lowest BCUT2D eigenvalue weighted by Gasteiger charge is -2.18. The highest BCUT2D eigenvalue weighted by Gasteiger charge is 2.57. The molecule has 0 amide bonds. The first-order chi connectivity index (χ1) is 9.97. The van der Waals surface area contributed by atoms with E-state index in [-0.39, 0.29) is 5.54 Å². The maximum absolute atomic E-state index is 11.9. The first-order valence-corrected chi connectivity index (χ1v) is 9.29. The van der Waals surface area contributed by atoms with Crippen LogP contribution in [0.2, 0.25) is 0 Å². The van der Waals surface area contributed by atoms with Crippen LogP contribution in [0.5, 0.6) is 0 Å². The summed E-state index contributed by atoms with van der Waals surface area (Å²) in [6.07, 6.45) is 4.32. The second-order valence-electron chi connectivity index (χ2n) is 5.97. The largest absolute Gasteiger partial charge is 0.212 e. The summed E-state index contributed by atoms with van der Waals surface area (Å²) in [6, 6.07) is 14.5. The van der Waals surface area contributed by atoms with Gasteiger partial charge in [-0.25, -0.2) is 8.42 Å². The number of unbranched alkanes of at least 4 members (excludes halogenated alkanes) is 1. The van der Waals surface area contributed by atoms with Crippen molar-refractivity contribution in [3.8, 4) is 0 Å². The lowest BCUT2D eigenvalue weighted by molar-refractivity contribution is 0.471. The topological polar surface area (TPSA) is 37.1 Å². The van der Waals surface area contributed by atoms with Crippen LogP contribution in [0.15, 0.2) is 42.5 Å². The van der Waals surface area contributed by atoms with Gasteiger partial charge in [-0.2, -0.15) is 4.31 Å². The minimum Gasteiger partial charge on any atom is -0.212 e. The van der Waals surface area contributed by atoms with E-state index in [1.807, 2.05) is 12.1 Å². The Bertz CT molecular complexity index is 769. The van der Waals surface area contributed by atoms with Crippen LogP contribution in [-0.2, 0) is 15.6 Å². The molecule has 0 aromatic heterocycles. The van der Waals surface area contributed by atoms with Crippen molar-refractivity contribution in [3.05, 3.63) is 48.0 Å². The van der Waals surface area contributed by atoms with E-state index in [1.165, 1.54) is 17.0 Å². The summed E-state index contributed by atoms with van der Waals surface area (Å²) in [4.78, 5) is 0. The fraction of sp³-hybridized carbons (Fsp3) is 0.412. The van der Waals surface area contributed by atoms with Gasteiger partial charge in [0.2, 0.25) is 10.0 Å². The van der Waals surface area contributed by atoms with Gasteiger partial charge in [-0.15, -0.1) is 0 Å². The molecular formula is C17H21NO2S. The molecule has 4 heteroatoms. The molecule has 112 valence electrons. The summed E-state index contributed by atoms with van der Waals surface area (Å²) in [5.74, 6) is 0. The van der Waals surface area contributed by atoms with Crippen molar-refractivity contribution in [2.75, 3.05) is 12.8 Å². The number of nitrogens with zero attached hydrogens (tertiary/aromatic N) is 1. The lowest BCUT2D eigenvalue weighted by atomic mass is 9.91. The number of benzene rings is 2. The predicted molar refractivity (Wildman–Crippen MR) is 86.7 cm³/mol. The summed E-state index contributed by atoms with van der Waals surface area (Å²) < 4.78 is 25.5. The van der Waals surface area contributed by atoms with Crippen molar-refractivity contribution < 1.29 is 8.42 Å². The van der Waals surface area contributed by atoms with E-state index in [0.29, 0.717) is 6.54 Å². The summed E-state index contributed by atoms with van der Waals surface area (Å²) in [5.41, 5.74) is 0.813. The second kappa shape index (κ2) is 5.11. The Morgan fingerprint density at radius 3 is 2.48 bits per heavy atom. The third-order valence-corrected chi connectivity index (χ3v) is 5.69. The zero-order chi connectivity index (χ0) is 15.1. The smallest absolute Gasteiger partial charge is 0.212 e. The molecule has 1 aliphatic heterocycles. The Hall–Kier alpha value is -1.39. The van der Waals surface area contributed by atoms with Crippen molar-refractivity contribution >= 4 is 20.8 Å². The van der Waals surface area contributed by atoms with Gasteiger partial charge < -0.3 is 0 Å². The van der Waals surface area contributed by atoms with Gasteiger partial charge in [-0.1, -0.05) is 56.2 Å². The molecule has 2 aromatic rings. The molecule has 1 aliphatic rings. The molecule has 21 heavy (non-hydrogen) atoms. The molecule has 1 fully saturated rings. The van der Waals surface area contributed by atoms with Gasteiger partial charge in [-0.05, 0) is 28.8 Å². The predicted octanol–water partition coefficient (Wildman–Crippen LogP) is 3.50. The monoisotopic (exact) mass is 303 g/mol. The first-order valence-electron chi connectivity index (χ1n) is 7.44. The number of fused-ring (bicyclic) bond motifs is 1. The Kier molecular flexibility index (Phi) is 3.54. The van der Waals surface area contributed by atoms with Crippen molar-refractivity contribution in [1.82, 2.24) is 4.31 Å².